The Hall–Kier alpha value is -1.56. The van der Waals surface area contributed by atoms with Crippen LogP contribution in [0.5, 0.6) is 0 Å². The van der Waals surface area contributed by atoms with Gasteiger partial charge in [-0.2, -0.15) is 0 Å². The number of hydrogen-bond acceptors (Lipinski definition) is 2. The van der Waals surface area contributed by atoms with Crippen LogP contribution < -0.4 is 5.32 Å². The zero-order chi connectivity index (χ0) is 16.2. The molecule has 0 saturated carbocycles. The zero-order valence-corrected chi connectivity index (χ0v) is 14.3. The second-order valence-corrected chi connectivity index (χ2v) is 6.52. The molecule has 0 atom stereocenters. The van der Waals surface area contributed by atoms with Gasteiger partial charge in [0.15, 0.2) is 0 Å². The summed E-state index contributed by atoms with van der Waals surface area (Å²) in [5.74, 6) is -0.676. The van der Waals surface area contributed by atoms with Gasteiger partial charge in [0.05, 0.1) is 5.56 Å². The number of nitrogens with one attached hydrogen (secondary N) is 1. The highest BCUT2D eigenvalue weighted by Gasteiger charge is 2.18. The van der Waals surface area contributed by atoms with Crippen LogP contribution in [0.15, 0.2) is 22.7 Å². The standard InChI is InChI=1S/C15H21BrN2O3/c1-9(2)8-18(10(3)4)15(21)17-13-6-11(14(19)20)5-12(16)7-13/h5-7,9-10H,8H2,1-4H3,(H,17,21)(H,19,20). The number of carboxylic acid groups (broad SMARTS) is 1. The van der Waals surface area contributed by atoms with E-state index >= 15 is 0 Å². The molecule has 0 spiro atoms. The predicted octanol–water partition coefficient (Wildman–Crippen LogP) is 4.05. The molecule has 1 aromatic rings. The lowest BCUT2D eigenvalue weighted by Crippen LogP contribution is -2.42. The highest BCUT2D eigenvalue weighted by Crippen LogP contribution is 2.20. The van der Waals surface area contributed by atoms with E-state index in [1.807, 2.05) is 27.7 Å². The molecule has 0 unspecified atom stereocenters. The third-order valence-corrected chi connectivity index (χ3v) is 3.30. The Kier molecular flexibility index (Phi) is 6.20. The first kappa shape index (κ1) is 17.5. The Balaban J connectivity index is 2.93. The summed E-state index contributed by atoms with van der Waals surface area (Å²) >= 11 is 3.25. The first-order valence-electron chi connectivity index (χ1n) is 6.82. The van der Waals surface area contributed by atoms with Gasteiger partial charge in [-0.05, 0) is 38.0 Å². The highest BCUT2D eigenvalue weighted by atomic mass is 79.9. The monoisotopic (exact) mass is 356 g/mol. The number of hydrogen-bond donors (Lipinski definition) is 2. The van der Waals surface area contributed by atoms with Crippen LogP contribution in [0.1, 0.15) is 38.1 Å². The van der Waals surface area contributed by atoms with Crippen molar-refractivity contribution >= 4 is 33.6 Å². The van der Waals surface area contributed by atoms with Gasteiger partial charge < -0.3 is 15.3 Å². The molecule has 21 heavy (non-hydrogen) atoms. The maximum absolute atomic E-state index is 12.3. The van der Waals surface area contributed by atoms with Crippen LogP contribution in [-0.4, -0.2) is 34.6 Å². The number of urea groups is 1. The Morgan fingerprint density at radius 3 is 2.33 bits per heavy atom. The Labute approximate surface area is 133 Å². The SMILES string of the molecule is CC(C)CN(C(=O)Nc1cc(Br)cc(C(=O)O)c1)C(C)C. The molecule has 0 bridgehead atoms. The minimum Gasteiger partial charge on any atom is -0.478 e. The van der Waals surface area contributed by atoms with Crippen LogP contribution in [-0.2, 0) is 0 Å². The highest BCUT2D eigenvalue weighted by molar-refractivity contribution is 9.10. The van der Waals surface area contributed by atoms with Crippen molar-refractivity contribution in [3.05, 3.63) is 28.2 Å². The van der Waals surface area contributed by atoms with E-state index in [4.69, 9.17) is 5.11 Å². The second-order valence-electron chi connectivity index (χ2n) is 5.60. The number of carbonyl (C=O) groups excluding carboxylic acids is 1. The molecule has 2 N–H and O–H groups in total. The zero-order valence-electron chi connectivity index (χ0n) is 12.7. The topological polar surface area (TPSA) is 69.6 Å². The van der Waals surface area contributed by atoms with Crippen LogP contribution in [0.2, 0.25) is 0 Å². The molecule has 0 aliphatic carbocycles. The maximum atomic E-state index is 12.3. The number of carbonyl (C=O) groups is 2. The number of nitrogens with zero attached hydrogens (tertiary/aromatic N) is 1. The molecular formula is C15H21BrN2O3. The molecule has 0 aromatic heterocycles. The van der Waals surface area contributed by atoms with Crippen LogP contribution in [0.3, 0.4) is 0 Å². The van der Waals surface area contributed by atoms with Gasteiger partial charge in [0.25, 0.3) is 0 Å². The molecule has 0 aliphatic heterocycles. The summed E-state index contributed by atoms with van der Waals surface area (Å²) in [6.07, 6.45) is 0. The van der Waals surface area contributed by atoms with E-state index in [0.717, 1.165) is 0 Å². The summed E-state index contributed by atoms with van der Waals surface area (Å²) in [4.78, 5) is 25.1. The lowest BCUT2D eigenvalue weighted by Gasteiger charge is -2.28. The second kappa shape index (κ2) is 7.45. The molecule has 2 amide bonds. The van der Waals surface area contributed by atoms with Crippen molar-refractivity contribution in [1.29, 1.82) is 0 Å². The lowest BCUT2D eigenvalue weighted by atomic mass is 10.2. The fourth-order valence-electron chi connectivity index (χ4n) is 1.90. The molecular weight excluding hydrogens is 336 g/mol. The lowest BCUT2D eigenvalue weighted by molar-refractivity contribution is 0.0696. The van der Waals surface area contributed by atoms with E-state index in [0.29, 0.717) is 22.6 Å². The molecule has 0 aliphatic rings. The van der Waals surface area contributed by atoms with Crippen LogP contribution in [0.4, 0.5) is 10.5 Å². The summed E-state index contributed by atoms with van der Waals surface area (Å²) in [5.41, 5.74) is 0.584. The van der Waals surface area contributed by atoms with Gasteiger partial charge in [0.2, 0.25) is 0 Å². The van der Waals surface area contributed by atoms with Crippen molar-refractivity contribution in [2.75, 3.05) is 11.9 Å². The third kappa shape index (κ3) is 5.38. The molecule has 1 aromatic carbocycles. The van der Waals surface area contributed by atoms with E-state index in [1.54, 1.807) is 11.0 Å². The molecule has 1 rings (SSSR count). The number of carboxylic acids is 1. The van der Waals surface area contributed by atoms with Gasteiger partial charge in [0, 0.05) is 22.7 Å². The first-order chi connectivity index (χ1) is 9.70. The van der Waals surface area contributed by atoms with Crippen LogP contribution in [0.25, 0.3) is 0 Å². The number of halogens is 1. The average Bonchev–Trinajstić information content (AvgIpc) is 2.34. The van der Waals surface area contributed by atoms with Crippen molar-refractivity contribution < 1.29 is 14.7 Å². The molecule has 0 fully saturated rings. The fourth-order valence-corrected chi connectivity index (χ4v) is 2.40. The van der Waals surface area contributed by atoms with E-state index in [2.05, 4.69) is 21.2 Å². The van der Waals surface area contributed by atoms with Gasteiger partial charge >= 0.3 is 12.0 Å². The summed E-state index contributed by atoms with van der Waals surface area (Å²) in [7, 11) is 0. The van der Waals surface area contributed by atoms with Crippen molar-refractivity contribution in [2.45, 2.75) is 33.7 Å². The van der Waals surface area contributed by atoms with E-state index in [-0.39, 0.29) is 17.6 Å². The molecule has 116 valence electrons. The number of amides is 2. The van der Waals surface area contributed by atoms with E-state index in [9.17, 15) is 9.59 Å². The first-order valence-corrected chi connectivity index (χ1v) is 7.61. The third-order valence-electron chi connectivity index (χ3n) is 2.84. The quantitative estimate of drug-likeness (QED) is 0.835. The summed E-state index contributed by atoms with van der Waals surface area (Å²) in [6.45, 7) is 8.63. The fraction of sp³-hybridized carbons (Fsp3) is 0.467. The molecule has 0 saturated heterocycles. The minimum atomic E-state index is -1.03. The van der Waals surface area contributed by atoms with Crippen LogP contribution in [0, 0.1) is 5.92 Å². The van der Waals surface area contributed by atoms with Gasteiger partial charge in [-0.25, -0.2) is 9.59 Å². The van der Waals surface area contributed by atoms with Gasteiger partial charge in [0.1, 0.15) is 0 Å². The maximum Gasteiger partial charge on any atom is 0.335 e. The van der Waals surface area contributed by atoms with Gasteiger partial charge in [-0.1, -0.05) is 29.8 Å². The Morgan fingerprint density at radius 1 is 1.24 bits per heavy atom. The molecule has 0 heterocycles. The summed E-state index contributed by atoms with van der Waals surface area (Å²) in [5, 5.41) is 11.8. The van der Waals surface area contributed by atoms with Crippen molar-refractivity contribution in [1.82, 2.24) is 4.90 Å². The largest absolute Gasteiger partial charge is 0.478 e. The number of aromatic carboxylic acids is 1. The smallest absolute Gasteiger partial charge is 0.335 e. The van der Waals surface area contributed by atoms with E-state index < -0.39 is 5.97 Å². The Morgan fingerprint density at radius 2 is 1.86 bits per heavy atom. The molecule has 6 heteroatoms. The normalized spacial score (nSPS) is 10.8. The average molecular weight is 357 g/mol. The van der Waals surface area contributed by atoms with Crippen molar-refractivity contribution in [2.24, 2.45) is 5.92 Å². The van der Waals surface area contributed by atoms with E-state index in [1.165, 1.54) is 12.1 Å². The number of rotatable bonds is 5. The molecule has 0 radical (unpaired) electrons. The van der Waals surface area contributed by atoms with Crippen molar-refractivity contribution in [3.8, 4) is 0 Å². The van der Waals surface area contributed by atoms with Gasteiger partial charge in [-0.15, -0.1) is 0 Å². The minimum absolute atomic E-state index is 0.0681. The van der Waals surface area contributed by atoms with Crippen LogP contribution >= 0.6 is 15.9 Å². The number of anilines is 1. The Bertz CT molecular complexity index is 530. The van der Waals surface area contributed by atoms with Crippen molar-refractivity contribution in [3.63, 3.8) is 0 Å². The number of benzene rings is 1. The predicted molar refractivity (Wildman–Crippen MR) is 86.8 cm³/mol. The van der Waals surface area contributed by atoms with Gasteiger partial charge in [-0.3, -0.25) is 0 Å². The summed E-state index contributed by atoms with van der Waals surface area (Å²) in [6, 6.07) is 4.45. The molecule has 5 nitrogen and oxygen atoms in total. The summed E-state index contributed by atoms with van der Waals surface area (Å²) < 4.78 is 0.609.